The fraction of sp³-hybridized carbons (Fsp3) is 0.368. The van der Waals surface area contributed by atoms with Crippen molar-refractivity contribution in [1.29, 1.82) is 0 Å². The summed E-state index contributed by atoms with van der Waals surface area (Å²) >= 11 is 1.46. The molecule has 26 heavy (non-hydrogen) atoms. The molecule has 3 amide bonds. The van der Waals surface area contributed by atoms with Crippen LogP contribution in [0.25, 0.3) is 0 Å². The van der Waals surface area contributed by atoms with Gasteiger partial charge in [-0.3, -0.25) is 19.3 Å². The zero-order valence-electron chi connectivity index (χ0n) is 15.1. The van der Waals surface area contributed by atoms with E-state index < -0.39 is 0 Å². The number of imide groups is 1. The van der Waals surface area contributed by atoms with Gasteiger partial charge in [-0.2, -0.15) is 0 Å². The Balaban J connectivity index is 1.54. The number of aryl methyl sites for hydroxylation is 3. The highest BCUT2D eigenvalue weighted by atomic mass is 32.1. The minimum Gasteiger partial charge on any atom is -0.302 e. The number of aromatic nitrogens is 1. The van der Waals surface area contributed by atoms with Crippen molar-refractivity contribution in [1.82, 2.24) is 9.88 Å². The number of hydrogen-bond donors (Lipinski definition) is 1. The number of rotatable bonds is 6. The molecule has 0 fully saturated rings. The average molecular weight is 371 g/mol. The van der Waals surface area contributed by atoms with Crippen LogP contribution in [0.15, 0.2) is 18.2 Å². The molecule has 2 aromatic rings. The SMILES string of the molecule is CCc1nc(NC(=O)CCCN2C(=O)c3ccc(C)cc3C2=O)sc1C. The van der Waals surface area contributed by atoms with Gasteiger partial charge in [0, 0.05) is 17.8 Å². The van der Waals surface area contributed by atoms with E-state index in [4.69, 9.17) is 0 Å². The molecule has 0 radical (unpaired) electrons. The van der Waals surface area contributed by atoms with Crippen LogP contribution in [0, 0.1) is 13.8 Å². The molecule has 6 nitrogen and oxygen atoms in total. The van der Waals surface area contributed by atoms with E-state index in [1.165, 1.54) is 16.2 Å². The van der Waals surface area contributed by atoms with Gasteiger partial charge in [-0.05, 0) is 38.8 Å². The maximum Gasteiger partial charge on any atom is 0.261 e. The number of hydrogen-bond acceptors (Lipinski definition) is 5. The van der Waals surface area contributed by atoms with Gasteiger partial charge in [0.15, 0.2) is 5.13 Å². The number of thiazole rings is 1. The smallest absolute Gasteiger partial charge is 0.261 e. The van der Waals surface area contributed by atoms with Crippen molar-refractivity contribution >= 4 is 34.2 Å². The second-order valence-corrected chi connectivity index (χ2v) is 7.54. The quantitative estimate of drug-likeness (QED) is 0.790. The average Bonchev–Trinajstić information content (AvgIpc) is 3.06. The van der Waals surface area contributed by atoms with Gasteiger partial charge in [0.1, 0.15) is 0 Å². The first-order valence-electron chi connectivity index (χ1n) is 8.63. The van der Waals surface area contributed by atoms with Crippen molar-refractivity contribution in [3.63, 3.8) is 0 Å². The number of amides is 3. The number of carbonyl (C=O) groups is 3. The summed E-state index contributed by atoms with van der Waals surface area (Å²) in [4.78, 5) is 43.5. The molecule has 1 aliphatic rings. The first-order valence-corrected chi connectivity index (χ1v) is 9.45. The Labute approximate surface area is 156 Å². The highest BCUT2D eigenvalue weighted by molar-refractivity contribution is 7.15. The predicted molar refractivity (Wildman–Crippen MR) is 101 cm³/mol. The van der Waals surface area contributed by atoms with E-state index in [9.17, 15) is 14.4 Å². The Hall–Kier alpha value is -2.54. The van der Waals surface area contributed by atoms with Crippen LogP contribution >= 0.6 is 11.3 Å². The van der Waals surface area contributed by atoms with Gasteiger partial charge in [-0.15, -0.1) is 11.3 Å². The number of nitrogens with one attached hydrogen (secondary N) is 1. The van der Waals surface area contributed by atoms with Crippen molar-refractivity contribution in [2.24, 2.45) is 0 Å². The van der Waals surface area contributed by atoms with Crippen LogP contribution in [0.2, 0.25) is 0 Å². The minimum atomic E-state index is -0.284. The van der Waals surface area contributed by atoms with E-state index >= 15 is 0 Å². The Morgan fingerprint density at radius 3 is 2.62 bits per heavy atom. The fourth-order valence-corrected chi connectivity index (χ4v) is 3.92. The van der Waals surface area contributed by atoms with Crippen molar-refractivity contribution in [2.75, 3.05) is 11.9 Å². The van der Waals surface area contributed by atoms with E-state index in [2.05, 4.69) is 10.3 Å². The van der Waals surface area contributed by atoms with Crippen LogP contribution in [-0.2, 0) is 11.2 Å². The molecule has 0 saturated heterocycles. The first-order chi connectivity index (χ1) is 12.4. The van der Waals surface area contributed by atoms with Gasteiger partial charge in [0.2, 0.25) is 5.91 Å². The monoisotopic (exact) mass is 371 g/mol. The third-order valence-electron chi connectivity index (χ3n) is 4.39. The Kier molecular flexibility index (Phi) is 5.18. The summed E-state index contributed by atoms with van der Waals surface area (Å²) in [5.41, 5.74) is 2.82. The number of carbonyl (C=O) groups excluding carboxylic acids is 3. The maximum absolute atomic E-state index is 12.4. The van der Waals surface area contributed by atoms with Crippen LogP contribution in [0.3, 0.4) is 0 Å². The molecule has 1 aromatic carbocycles. The molecule has 136 valence electrons. The third kappa shape index (κ3) is 3.53. The highest BCUT2D eigenvalue weighted by Gasteiger charge is 2.34. The molecule has 0 unspecified atom stereocenters. The second kappa shape index (κ2) is 7.37. The summed E-state index contributed by atoms with van der Waals surface area (Å²) in [5, 5.41) is 3.39. The number of benzene rings is 1. The van der Waals surface area contributed by atoms with E-state index in [0.717, 1.165) is 22.6 Å². The van der Waals surface area contributed by atoms with E-state index in [1.54, 1.807) is 12.1 Å². The van der Waals surface area contributed by atoms with Crippen LogP contribution in [0.1, 0.15) is 56.6 Å². The predicted octanol–water partition coefficient (Wildman–Crippen LogP) is 3.34. The summed E-state index contributed by atoms with van der Waals surface area (Å²) in [5.74, 6) is -0.723. The zero-order valence-corrected chi connectivity index (χ0v) is 15.9. The van der Waals surface area contributed by atoms with Gasteiger partial charge in [0.25, 0.3) is 11.8 Å². The van der Waals surface area contributed by atoms with Crippen molar-refractivity contribution in [3.05, 3.63) is 45.5 Å². The molecular formula is C19H21N3O3S. The summed E-state index contributed by atoms with van der Waals surface area (Å²) in [7, 11) is 0. The van der Waals surface area contributed by atoms with Crippen LogP contribution in [-0.4, -0.2) is 34.2 Å². The Bertz CT molecular complexity index is 888. The largest absolute Gasteiger partial charge is 0.302 e. The lowest BCUT2D eigenvalue weighted by molar-refractivity contribution is -0.116. The van der Waals surface area contributed by atoms with Gasteiger partial charge < -0.3 is 5.32 Å². The Morgan fingerprint density at radius 1 is 1.19 bits per heavy atom. The van der Waals surface area contributed by atoms with Crippen molar-refractivity contribution in [3.8, 4) is 0 Å². The van der Waals surface area contributed by atoms with E-state index in [-0.39, 0.29) is 30.7 Å². The van der Waals surface area contributed by atoms with Crippen LogP contribution < -0.4 is 5.32 Å². The lowest BCUT2D eigenvalue weighted by atomic mass is 10.1. The second-order valence-electron chi connectivity index (χ2n) is 6.34. The van der Waals surface area contributed by atoms with Crippen molar-refractivity contribution in [2.45, 2.75) is 40.0 Å². The summed E-state index contributed by atoms with van der Waals surface area (Å²) in [6.45, 7) is 6.12. The number of fused-ring (bicyclic) bond motifs is 1. The normalized spacial score (nSPS) is 13.3. The standard InChI is InChI=1S/C19H21N3O3S/c1-4-15-12(3)26-19(20-15)21-16(23)6-5-9-22-17(24)13-8-7-11(2)10-14(13)18(22)25/h7-8,10H,4-6,9H2,1-3H3,(H,20,21,23). The van der Waals surface area contributed by atoms with Gasteiger partial charge in [-0.25, -0.2) is 4.98 Å². The molecule has 1 N–H and O–H groups in total. The molecule has 0 aliphatic carbocycles. The van der Waals surface area contributed by atoms with E-state index in [1.807, 2.05) is 26.8 Å². The van der Waals surface area contributed by atoms with Crippen LogP contribution in [0.4, 0.5) is 5.13 Å². The van der Waals surface area contributed by atoms with Gasteiger partial charge in [-0.1, -0.05) is 18.6 Å². The van der Waals surface area contributed by atoms with Gasteiger partial charge >= 0.3 is 0 Å². The van der Waals surface area contributed by atoms with E-state index in [0.29, 0.717) is 22.7 Å². The molecule has 0 spiro atoms. The summed E-state index contributed by atoms with van der Waals surface area (Å²) < 4.78 is 0. The lowest BCUT2D eigenvalue weighted by Gasteiger charge is -2.13. The fourth-order valence-electron chi connectivity index (χ4n) is 3.00. The maximum atomic E-state index is 12.4. The minimum absolute atomic E-state index is 0.158. The topological polar surface area (TPSA) is 79.4 Å². The number of nitrogens with zero attached hydrogens (tertiary/aromatic N) is 2. The zero-order chi connectivity index (χ0) is 18.8. The number of anilines is 1. The van der Waals surface area contributed by atoms with Crippen LogP contribution in [0.5, 0.6) is 0 Å². The molecule has 0 saturated carbocycles. The summed E-state index contributed by atoms with van der Waals surface area (Å²) in [6.07, 6.45) is 1.48. The lowest BCUT2D eigenvalue weighted by Crippen LogP contribution is -2.31. The highest BCUT2D eigenvalue weighted by Crippen LogP contribution is 2.25. The van der Waals surface area contributed by atoms with Crippen molar-refractivity contribution < 1.29 is 14.4 Å². The van der Waals surface area contributed by atoms with Gasteiger partial charge in [0.05, 0.1) is 16.8 Å². The molecular weight excluding hydrogens is 350 g/mol. The molecule has 0 bridgehead atoms. The molecule has 7 heteroatoms. The Morgan fingerprint density at radius 2 is 1.92 bits per heavy atom. The first kappa shape index (κ1) is 18.3. The summed E-state index contributed by atoms with van der Waals surface area (Å²) in [6, 6.07) is 5.24. The third-order valence-corrected chi connectivity index (χ3v) is 5.31. The molecule has 2 heterocycles. The molecule has 1 aliphatic heterocycles. The molecule has 0 atom stereocenters. The molecule has 1 aromatic heterocycles. The molecule has 3 rings (SSSR count).